The molecule has 20 heavy (non-hydrogen) atoms. The van der Waals surface area contributed by atoms with E-state index in [-0.39, 0.29) is 19.7 Å². The average Bonchev–Trinajstić information content (AvgIpc) is 2.73. The van der Waals surface area contributed by atoms with Gasteiger partial charge in [0.1, 0.15) is 12.6 Å². The molecule has 7 nitrogen and oxygen atoms in total. The predicted octanol–water partition coefficient (Wildman–Crippen LogP) is 0.540. The van der Waals surface area contributed by atoms with E-state index < -0.39 is 29.4 Å². The molecule has 2 amide bonds. The van der Waals surface area contributed by atoms with E-state index in [2.05, 4.69) is 0 Å². The summed E-state index contributed by atoms with van der Waals surface area (Å²) in [5, 5.41) is 9.42. The molecule has 2 aliphatic rings. The number of rotatable bonds is 3. The minimum Gasteiger partial charge on any atom is -0.480 e. The molecule has 2 aliphatic heterocycles. The van der Waals surface area contributed by atoms with Gasteiger partial charge in [-0.2, -0.15) is 0 Å². The van der Waals surface area contributed by atoms with Crippen molar-refractivity contribution < 1.29 is 24.2 Å². The first-order valence-corrected chi connectivity index (χ1v) is 6.77. The van der Waals surface area contributed by atoms with Crippen molar-refractivity contribution in [1.82, 2.24) is 9.80 Å². The number of carboxylic acids is 1. The number of ether oxygens (including phenoxy) is 1. The molecule has 0 saturated carbocycles. The Labute approximate surface area is 117 Å². The van der Waals surface area contributed by atoms with Crippen LogP contribution >= 0.6 is 0 Å². The lowest BCUT2D eigenvalue weighted by Crippen LogP contribution is -2.56. The number of aliphatic carboxylic acids is 1. The molecule has 2 heterocycles. The largest absolute Gasteiger partial charge is 0.480 e. The highest BCUT2D eigenvalue weighted by molar-refractivity contribution is 5.94. The summed E-state index contributed by atoms with van der Waals surface area (Å²) in [6, 6.07) is -0.709. The number of hydrogen-bond acceptors (Lipinski definition) is 5. The van der Waals surface area contributed by atoms with Crippen molar-refractivity contribution in [3.8, 4) is 0 Å². The summed E-state index contributed by atoms with van der Waals surface area (Å²) in [6.07, 6.45) is 1.01. The van der Waals surface area contributed by atoms with E-state index >= 15 is 0 Å². The van der Waals surface area contributed by atoms with Crippen LogP contribution in [0.3, 0.4) is 0 Å². The van der Waals surface area contributed by atoms with Crippen molar-refractivity contribution in [1.29, 1.82) is 0 Å². The Kier molecular flexibility index (Phi) is 3.99. The summed E-state index contributed by atoms with van der Waals surface area (Å²) in [7, 11) is 0. The maximum atomic E-state index is 12.1. The maximum absolute atomic E-state index is 12.1. The normalized spacial score (nSPS) is 26.4. The maximum Gasteiger partial charge on any atom is 0.416 e. The van der Waals surface area contributed by atoms with Crippen LogP contribution in [0.5, 0.6) is 0 Å². The highest BCUT2D eigenvalue weighted by Gasteiger charge is 2.43. The fraction of sp³-hybridized carbons (Fsp3) is 0.769. The molecule has 2 rings (SSSR count). The summed E-state index contributed by atoms with van der Waals surface area (Å²) < 4.78 is 4.72. The number of cyclic esters (lactones) is 1. The minimum atomic E-state index is -0.925. The molecule has 0 aromatic heterocycles. The summed E-state index contributed by atoms with van der Waals surface area (Å²) in [5.74, 6) is -1.32. The lowest BCUT2D eigenvalue weighted by Gasteiger charge is -2.43. The zero-order valence-corrected chi connectivity index (χ0v) is 11.8. The van der Waals surface area contributed by atoms with Gasteiger partial charge in [0, 0.05) is 0 Å². The highest BCUT2D eigenvalue weighted by Crippen LogP contribution is 2.35. The highest BCUT2D eigenvalue weighted by atomic mass is 16.6. The average molecular weight is 284 g/mol. The minimum absolute atomic E-state index is 0.0600. The molecule has 0 aromatic rings. The predicted molar refractivity (Wildman–Crippen MR) is 69.1 cm³/mol. The molecular weight excluding hydrogens is 264 g/mol. The van der Waals surface area contributed by atoms with Crippen LogP contribution in [0.1, 0.15) is 26.7 Å². The molecule has 1 atom stereocenters. The van der Waals surface area contributed by atoms with Gasteiger partial charge in [0.15, 0.2) is 0 Å². The van der Waals surface area contributed by atoms with Gasteiger partial charge in [-0.05, 0) is 24.8 Å². The quantitative estimate of drug-likeness (QED) is 0.814. The third-order valence-electron chi connectivity index (χ3n) is 4.01. The van der Waals surface area contributed by atoms with Crippen LogP contribution in [0, 0.1) is 5.41 Å². The van der Waals surface area contributed by atoms with E-state index in [4.69, 9.17) is 4.74 Å². The molecule has 112 valence electrons. The zero-order valence-electron chi connectivity index (χ0n) is 11.8. The Morgan fingerprint density at radius 2 is 2.10 bits per heavy atom. The van der Waals surface area contributed by atoms with Gasteiger partial charge < -0.3 is 9.84 Å². The Morgan fingerprint density at radius 3 is 2.65 bits per heavy atom. The number of carbonyl (C=O) groups is 3. The fourth-order valence-corrected chi connectivity index (χ4v) is 3.04. The lowest BCUT2D eigenvalue weighted by molar-refractivity contribution is -0.152. The topological polar surface area (TPSA) is 87.2 Å². The van der Waals surface area contributed by atoms with Gasteiger partial charge >= 0.3 is 12.1 Å². The van der Waals surface area contributed by atoms with Crippen molar-refractivity contribution >= 4 is 18.0 Å². The van der Waals surface area contributed by atoms with Gasteiger partial charge in [-0.15, -0.1) is 0 Å². The smallest absolute Gasteiger partial charge is 0.416 e. The van der Waals surface area contributed by atoms with Gasteiger partial charge in [-0.25, -0.2) is 9.69 Å². The number of carboxylic acid groups (broad SMARTS) is 1. The Hall–Kier alpha value is -1.63. The molecule has 0 spiro atoms. The number of carbonyl (C=O) groups excluding carboxylic acids is 2. The number of likely N-dealkylation sites (tertiary alicyclic amines) is 1. The van der Waals surface area contributed by atoms with Crippen molar-refractivity contribution in [2.24, 2.45) is 5.41 Å². The van der Waals surface area contributed by atoms with Crippen LogP contribution in [-0.2, 0) is 14.3 Å². The second kappa shape index (κ2) is 5.40. The number of imide groups is 1. The zero-order chi connectivity index (χ0) is 14.9. The third-order valence-corrected chi connectivity index (χ3v) is 4.01. The Bertz CT molecular complexity index is 434. The molecule has 1 unspecified atom stereocenters. The molecule has 2 fully saturated rings. The molecule has 0 aromatic carbocycles. The first kappa shape index (κ1) is 14.8. The third kappa shape index (κ3) is 2.77. The van der Waals surface area contributed by atoms with Crippen molar-refractivity contribution in [3.05, 3.63) is 0 Å². The van der Waals surface area contributed by atoms with Gasteiger partial charge in [-0.3, -0.25) is 14.5 Å². The van der Waals surface area contributed by atoms with Crippen LogP contribution in [0.25, 0.3) is 0 Å². The number of piperidine rings is 1. The SMILES string of the molecule is CC1(C)CCCN(CC(=O)N2CCOC2=O)C1C(=O)O. The van der Waals surface area contributed by atoms with Crippen molar-refractivity contribution in [2.45, 2.75) is 32.7 Å². The van der Waals surface area contributed by atoms with E-state index in [1.165, 1.54) is 0 Å². The first-order chi connectivity index (χ1) is 9.33. The molecular formula is C13H20N2O5. The van der Waals surface area contributed by atoms with Crippen LogP contribution < -0.4 is 0 Å². The second-order valence-electron chi connectivity index (χ2n) is 5.96. The van der Waals surface area contributed by atoms with Gasteiger partial charge in [0.2, 0.25) is 5.91 Å². The molecule has 2 saturated heterocycles. The second-order valence-corrected chi connectivity index (χ2v) is 5.96. The van der Waals surface area contributed by atoms with Gasteiger partial charge in [0.25, 0.3) is 0 Å². The van der Waals surface area contributed by atoms with Crippen LogP contribution in [0.2, 0.25) is 0 Å². The standard InChI is InChI=1S/C13H20N2O5/c1-13(2)4-3-5-14(10(13)11(17)18)8-9(16)15-6-7-20-12(15)19/h10H,3-8H2,1-2H3,(H,17,18). The van der Waals surface area contributed by atoms with E-state index in [1.807, 2.05) is 13.8 Å². The van der Waals surface area contributed by atoms with Gasteiger partial charge in [0.05, 0.1) is 13.1 Å². The van der Waals surface area contributed by atoms with Gasteiger partial charge in [-0.1, -0.05) is 13.8 Å². The monoisotopic (exact) mass is 284 g/mol. The summed E-state index contributed by atoms with van der Waals surface area (Å²) in [4.78, 5) is 37.6. The number of nitrogens with zero attached hydrogens (tertiary/aromatic N) is 2. The summed E-state index contributed by atoms with van der Waals surface area (Å²) >= 11 is 0. The fourth-order valence-electron chi connectivity index (χ4n) is 3.04. The Morgan fingerprint density at radius 1 is 1.40 bits per heavy atom. The molecule has 7 heteroatoms. The first-order valence-electron chi connectivity index (χ1n) is 6.77. The Balaban J connectivity index is 2.08. The molecule has 0 aliphatic carbocycles. The van der Waals surface area contributed by atoms with Crippen LogP contribution in [-0.4, -0.2) is 65.2 Å². The lowest BCUT2D eigenvalue weighted by atomic mass is 9.76. The van der Waals surface area contributed by atoms with E-state index in [9.17, 15) is 19.5 Å². The van der Waals surface area contributed by atoms with E-state index in [0.717, 1.165) is 17.7 Å². The molecule has 0 radical (unpaired) electrons. The summed E-state index contributed by atoms with van der Waals surface area (Å²) in [6.45, 7) is 4.73. The molecule has 0 bridgehead atoms. The number of hydrogen-bond donors (Lipinski definition) is 1. The number of amides is 2. The van der Waals surface area contributed by atoms with Crippen LogP contribution in [0.15, 0.2) is 0 Å². The van der Waals surface area contributed by atoms with E-state index in [0.29, 0.717) is 6.54 Å². The molecule has 1 N–H and O–H groups in total. The van der Waals surface area contributed by atoms with E-state index in [1.54, 1.807) is 4.90 Å². The van der Waals surface area contributed by atoms with Crippen LogP contribution in [0.4, 0.5) is 4.79 Å². The van der Waals surface area contributed by atoms with Crippen molar-refractivity contribution in [2.75, 3.05) is 26.2 Å². The van der Waals surface area contributed by atoms with Crippen molar-refractivity contribution in [3.63, 3.8) is 0 Å². The summed E-state index contributed by atoms with van der Waals surface area (Å²) in [5.41, 5.74) is -0.393.